The van der Waals surface area contributed by atoms with Crippen molar-refractivity contribution in [3.63, 3.8) is 0 Å². The molecule has 0 fully saturated rings. The van der Waals surface area contributed by atoms with Crippen LogP contribution in [-0.2, 0) is 9.97 Å². The Morgan fingerprint density at radius 2 is 1.55 bits per heavy atom. The van der Waals surface area contributed by atoms with E-state index in [2.05, 4.69) is 4.98 Å². The number of halogens is 8. The standard InChI is InChI=1S/C11H3Cl5F3N/c12-5-2-1-4(10(14,15)16)9-8(5)6(13)3-7(20-9)11(17,18)19/h1-3H. The van der Waals surface area contributed by atoms with E-state index in [1.165, 1.54) is 12.1 Å². The monoisotopic (exact) mass is 381 g/mol. The van der Waals surface area contributed by atoms with Gasteiger partial charge in [-0.25, -0.2) is 4.98 Å². The number of hydrogen-bond acceptors (Lipinski definition) is 1. The normalized spacial score (nSPS) is 13.0. The molecule has 20 heavy (non-hydrogen) atoms. The van der Waals surface area contributed by atoms with Crippen LogP contribution in [0.15, 0.2) is 18.2 Å². The van der Waals surface area contributed by atoms with Crippen LogP contribution in [0.2, 0.25) is 10.0 Å². The van der Waals surface area contributed by atoms with E-state index < -0.39 is 15.7 Å². The number of nitrogens with zero attached hydrogens (tertiary/aromatic N) is 1. The molecule has 9 heteroatoms. The number of rotatable bonds is 0. The molecule has 108 valence electrons. The number of hydrogen-bond donors (Lipinski definition) is 0. The third kappa shape index (κ3) is 3.04. The molecule has 1 aromatic carbocycles. The zero-order chi connectivity index (χ0) is 15.3. The zero-order valence-corrected chi connectivity index (χ0v) is 13.0. The van der Waals surface area contributed by atoms with Crippen LogP contribution in [0.25, 0.3) is 10.9 Å². The van der Waals surface area contributed by atoms with Gasteiger partial charge in [-0.15, -0.1) is 0 Å². The Hall–Kier alpha value is -0.130. The fourth-order valence-corrected chi connectivity index (χ4v) is 2.68. The molecule has 0 aliphatic carbocycles. The summed E-state index contributed by atoms with van der Waals surface area (Å²) in [5, 5.41) is -0.00203. The Kier molecular flexibility index (Phi) is 4.27. The Labute approximate surface area is 136 Å². The molecular formula is C11H3Cl5F3N. The molecule has 2 aromatic rings. The predicted molar refractivity (Wildman–Crippen MR) is 76.0 cm³/mol. The van der Waals surface area contributed by atoms with E-state index in [0.717, 1.165) is 0 Å². The lowest BCUT2D eigenvalue weighted by Gasteiger charge is -2.16. The van der Waals surface area contributed by atoms with Gasteiger partial charge in [-0.1, -0.05) is 64.1 Å². The van der Waals surface area contributed by atoms with Gasteiger partial charge in [0.05, 0.1) is 15.6 Å². The molecule has 0 saturated heterocycles. The minimum Gasteiger partial charge on any atom is -0.243 e. The molecule has 0 unspecified atom stereocenters. The number of pyridine rings is 1. The molecule has 0 N–H and O–H groups in total. The highest BCUT2D eigenvalue weighted by atomic mass is 35.6. The van der Waals surface area contributed by atoms with Crippen molar-refractivity contribution in [1.82, 2.24) is 4.98 Å². The predicted octanol–water partition coefficient (Wildman–Crippen LogP) is 6.39. The van der Waals surface area contributed by atoms with Gasteiger partial charge in [0, 0.05) is 10.9 Å². The molecule has 0 atom stereocenters. The average molecular weight is 383 g/mol. The van der Waals surface area contributed by atoms with Crippen LogP contribution in [-0.4, -0.2) is 4.98 Å². The van der Waals surface area contributed by atoms with E-state index >= 15 is 0 Å². The first-order chi connectivity index (χ1) is 9.01. The van der Waals surface area contributed by atoms with E-state index in [-0.39, 0.29) is 26.5 Å². The molecule has 0 amide bonds. The van der Waals surface area contributed by atoms with Crippen LogP contribution in [0.5, 0.6) is 0 Å². The first kappa shape index (κ1) is 16.2. The molecular weight excluding hydrogens is 380 g/mol. The number of aromatic nitrogens is 1. The smallest absolute Gasteiger partial charge is 0.243 e. The van der Waals surface area contributed by atoms with Gasteiger partial charge in [0.15, 0.2) is 0 Å². The molecule has 0 aliphatic rings. The van der Waals surface area contributed by atoms with E-state index in [1.54, 1.807) is 0 Å². The summed E-state index contributed by atoms with van der Waals surface area (Å²) in [6.45, 7) is 0. The summed E-state index contributed by atoms with van der Waals surface area (Å²) >= 11 is 29.0. The highest BCUT2D eigenvalue weighted by Gasteiger charge is 2.35. The van der Waals surface area contributed by atoms with Gasteiger partial charge in [0.25, 0.3) is 0 Å². The van der Waals surface area contributed by atoms with Crippen molar-refractivity contribution in [3.8, 4) is 0 Å². The van der Waals surface area contributed by atoms with E-state index in [0.29, 0.717) is 6.07 Å². The summed E-state index contributed by atoms with van der Waals surface area (Å²) in [7, 11) is 0. The maximum absolute atomic E-state index is 12.8. The van der Waals surface area contributed by atoms with Crippen LogP contribution < -0.4 is 0 Å². The van der Waals surface area contributed by atoms with Crippen LogP contribution in [0.4, 0.5) is 13.2 Å². The highest BCUT2D eigenvalue weighted by molar-refractivity contribution is 6.67. The van der Waals surface area contributed by atoms with Crippen LogP contribution in [0, 0.1) is 0 Å². The maximum atomic E-state index is 12.8. The minimum atomic E-state index is -4.68. The first-order valence-corrected chi connectivity index (χ1v) is 6.84. The molecule has 2 rings (SSSR count). The highest BCUT2D eigenvalue weighted by Crippen LogP contribution is 2.45. The molecule has 0 saturated carbocycles. The minimum absolute atomic E-state index is 0.0325. The molecule has 0 aliphatic heterocycles. The van der Waals surface area contributed by atoms with E-state index in [4.69, 9.17) is 58.0 Å². The summed E-state index contributed by atoms with van der Waals surface area (Å²) in [6.07, 6.45) is -4.68. The third-order valence-corrected chi connectivity index (χ3v) is 3.68. The van der Waals surface area contributed by atoms with Crippen LogP contribution >= 0.6 is 58.0 Å². The topological polar surface area (TPSA) is 12.9 Å². The van der Waals surface area contributed by atoms with Crippen LogP contribution in [0.3, 0.4) is 0 Å². The van der Waals surface area contributed by atoms with Gasteiger partial charge in [0.2, 0.25) is 3.79 Å². The lowest BCUT2D eigenvalue weighted by atomic mass is 10.1. The lowest BCUT2D eigenvalue weighted by molar-refractivity contribution is -0.140. The SMILES string of the molecule is FC(F)(F)c1cc(Cl)c2c(Cl)ccc(C(Cl)(Cl)Cl)c2n1. The van der Waals surface area contributed by atoms with E-state index in [9.17, 15) is 13.2 Å². The summed E-state index contributed by atoms with van der Waals surface area (Å²) in [5.41, 5.74) is -1.42. The Morgan fingerprint density at radius 1 is 0.950 bits per heavy atom. The first-order valence-electron chi connectivity index (χ1n) is 4.95. The fourth-order valence-electron chi connectivity index (χ4n) is 1.63. The number of alkyl halides is 6. The van der Waals surface area contributed by atoms with Gasteiger partial charge in [0.1, 0.15) is 5.69 Å². The largest absolute Gasteiger partial charge is 0.433 e. The average Bonchev–Trinajstić information content (AvgIpc) is 2.25. The summed E-state index contributed by atoms with van der Waals surface area (Å²) in [4.78, 5) is 3.49. The quantitative estimate of drug-likeness (QED) is 0.481. The van der Waals surface area contributed by atoms with Crippen molar-refractivity contribution < 1.29 is 13.2 Å². The lowest BCUT2D eigenvalue weighted by Crippen LogP contribution is -2.10. The Morgan fingerprint density at radius 3 is 2.05 bits per heavy atom. The van der Waals surface area contributed by atoms with Crippen molar-refractivity contribution in [3.05, 3.63) is 39.5 Å². The zero-order valence-electron chi connectivity index (χ0n) is 9.20. The third-order valence-electron chi connectivity index (χ3n) is 2.46. The Bertz CT molecular complexity index is 678. The second kappa shape index (κ2) is 5.25. The molecule has 1 nitrogen and oxygen atoms in total. The van der Waals surface area contributed by atoms with Crippen molar-refractivity contribution in [2.24, 2.45) is 0 Å². The van der Waals surface area contributed by atoms with Crippen molar-refractivity contribution >= 4 is 68.9 Å². The van der Waals surface area contributed by atoms with Crippen molar-refractivity contribution in [1.29, 1.82) is 0 Å². The summed E-state index contributed by atoms with van der Waals surface area (Å²) in [6, 6.07) is 3.35. The summed E-state index contributed by atoms with van der Waals surface area (Å²) < 4.78 is 36.4. The number of benzene rings is 1. The molecule has 1 heterocycles. The molecule has 0 radical (unpaired) electrons. The molecule has 0 bridgehead atoms. The van der Waals surface area contributed by atoms with E-state index in [1.807, 2.05) is 0 Å². The van der Waals surface area contributed by atoms with Crippen LogP contribution in [0.1, 0.15) is 11.3 Å². The van der Waals surface area contributed by atoms with Gasteiger partial charge in [-0.2, -0.15) is 13.2 Å². The molecule has 0 spiro atoms. The van der Waals surface area contributed by atoms with Gasteiger partial charge >= 0.3 is 6.18 Å². The van der Waals surface area contributed by atoms with Crippen molar-refractivity contribution in [2.45, 2.75) is 9.97 Å². The molecule has 1 aromatic heterocycles. The van der Waals surface area contributed by atoms with Gasteiger partial charge in [-0.05, 0) is 12.1 Å². The Balaban J connectivity index is 2.92. The number of fused-ring (bicyclic) bond motifs is 1. The second-order valence-corrected chi connectivity index (χ2v) is 6.90. The van der Waals surface area contributed by atoms with Gasteiger partial charge < -0.3 is 0 Å². The van der Waals surface area contributed by atoms with Crippen molar-refractivity contribution in [2.75, 3.05) is 0 Å². The second-order valence-electron chi connectivity index (χ2n) is 3.80. The maximum Gasteiger partial charge on any atom is 0.433 e. The fraction of sp³-hybridized carbons (Fsp3) is 0.182. The van der Waals surface area contributed by atoms with Gasteiger partial charge in [-0.3, -0.25) is 0 Å². The summed E-state index contributed by atoms with van der Waals surface area (Å²) in [5.74, 6) is 0.